The van der Waals surface area contributed by atoms with Crippen LogP contribution in [-0.2, 0) is 4.79 Å². The van der Waals surface area contributed by atoms with Gasteiger partial charge in [-0.05, 0) is 66.0 Å². The Morgan fingerprint density at radius 1 is 1.50 bits per heavy atom. The van der Waals surface area contributed by atoms with Crippen LogP contribution in [0.1, 0.15) is 31.2 Å². The summed E-state index contributed by atoms with van der Waals surface area (Å²) in [6, 6.07) is 6.18. The predicted octanol–water partition coefficient (Wildman–Crippen LogP) is 3.06. The summed E-state index contributed by atoms with van der Waals surface area (Å²) < 4.78 is 1.17. The van der Waals surface area contributed by atoms with Crippen LogP contribution in [0.2, 0.25) is 0 Å². The maximum absolute atomic E-state index is 11.9. The molecule has 1 amide bonds. The predicted molar refractivity (Wildman–Crippen MR) is 82.5 cm³/mol. The molecule has 1 saturated carbocycles. The van der Waals surface area contributed by atoms with E-state index in [0.717, 1.165) is 24.9 Å². The molecule has 1 aromatic rings. The minimum Gasteiger partial charge on any atom is -0.327 e. The van der Waals surface area contributed by atoms with Crippen LogP contribution in [0.15, 0.2) is 18.2 Å². The Morgan fingerprint density at radius 2 is 2.28 bits per heavy atom. The highest BCUT2D eigenvalue weighted by molar-refractivity contribution is 14.1. The lowest BCUT2D eigenvalue weighted by Crippen LogP contribution is -2.28. The topological polar surface area (TPSA) is 55.1 Å². The SMILES string of the molecule is Cc1ccc(NC(=O)C[C@@H]2CCC[C@H]2N)cc1I. The number of rotatable bonds is 3. The van der Waals surface area contributed by atoms with Gasteiger partial charge in [0.25, 0.3) is 0 Å². The minimum absolute atomic E-state index is 0.0806. The van der Waals surface area contributed by atoms with E-state index in [-0.39, 0.29) is 11.9 Å². The molecule has 1 aromatic carbocycles. The van der Waals surface area contributed by atoms with Gasteiger partial charge in [-0.2, -0.15) is 0 Å². The number of benzene rings is 1. The van der Waals surface area contributed by atoms with Crippen LogP contribution < -0.4 is 11.1 Å². The third-order valence-corrected chi connectivity index (χ3v) is 4.78. The number of nitrogens with one attached hydrogen (secondary N) is 1. The summed E-state index contributed by atoms with van der Waals surface area (Å²) in [4.78, 5) is 11.9. The van der Waals surface area contributed by atoms with Crippen molar-refractivity contribution in [2.45, 2.75) is 38.6 Å². The monoisotopic (exact) mass is 358 g/mol. The first-order valence-corrected chi connectivity index (χ1v) is 7.45. The summed E-state index contributed by atoms with van der Waals surface area (Å²) in [7, 11) is 0. The molecule has 0 aliphatic heterocycles. The summed E-state index contributed by atoms with van der Waals surface area (Å²) >= 11 is 2.28. The molecule has 0 bridgehead atoms. The van der Waals surface area contributed by atoms with Gasteiger partial charge in [-0.3, -0.25) is 4.79 Å². The molecule has 2 atom stereocenters. The molecular weight excluding hydrogens is 339 g/mol. The molecule has 0 unspecified atom stereocenters. The number of nitrogens with two attached hydrogens (primary N) is 1. The van der Waals surface area contributed by atoms with Crippen molar-refractivity contribution < 1.29 is 4.79 Å². The van der Waals surface area contributed by atoms with E-state index in [4.69, 9.17) is 5.73 Å². The Morgan fingerprint density at radius 3 is 2.89 bits per heavy atom. The van der Waals surface area contributed by atoms with Crippen LogP contribution in [0.4, 0.5) is 5.69 Å². The van der Waals surface area contributed by atoms with E-state index in [1.54, 1.807) is 0 Å². The van der Waals surface area contributed by atoms with Gasteiger partial charge in [0, 0.05) is 21.7 Å². The molecule has 0 aromatic heterocycles. The van der Waals surface area contributed by atoms with Crippen LogP contribution in [0.5, 0.6) is 0 Å². The summed E-state index contributed by atoms with van der Waals surface area (Å²) in [5.41, 5.74) is 8.09. The highest BCUT2D eigenvalue weighted by atomic mass is 127. The second-order valence-corrected chi connectivity index (χ2v) is 6.23. The van der Waals surface area contributed by atoms with Crippen LogP contribution in [0, 0.1) is 16.4 Å². The van der Waals surface area contributed by atoms with E-state index in [1.807, 2.05) is 18.2 Å². The first-order chi connectivity index (χ1) is 8.56. The Bertz CT molecular complexity index is 447. The number of halogens is 1. The second kappa shape index (κ2) is 6.02. The van der Waals surface area contributed by atoms with Crippen LogP contribution in [0.3, 0.4) is 0 Å². The normalized spacial score (nSPS) is 23.1. The van der Waals surface area contributed by atoms with Gasteiger partial charge in [-0.25, -0.2) is 0 Å². The number of carbonyl (C=O) groups excluding carboxylic acids is 1. The summed E-state index contributed by atoms with van der Waals surface area (Å²) in [5, 5.41) is 2.96. The molecule has 1 fully saturated rings. The van der Waals surface area contributed by atoms with Gasteiger partial charge in [0.2, 0.25) is 5.91 Å². The van der Waals surface area contributed by atoms with Crippen molar-refractivity contribution in [2.75, 3.05) is 5.32 Å². The van der Waals surface area contributed by atoms with Crippen molar-refractivity contribution in [2.24, 2.45) is 11.7 Å². The maximum Gasteiger partial charge on any atom is 0.224 e. The first-order valence-electron chi connectivity index (χ1n) is 6.38. The molecular formula is C14H19IN2O. The van der Waals surface area contributed by atoms with E-state index < -0.39 is 0 Å². The molecule has 4 heteroatoms. The lowest BCUT2D eigenvalue weighted by molar-refractivity contribution is -0.117. The third kappa shape index (κ3) is 3.45. The number of hydrogen-bond acceptors (Lipinski definition) is 2. The van der Waals surface area contributed by atoms with E-state index in [1.165, 1.54) is 9.13 Å². The van der Waals surface area contributed by atoms with Crippen molar-refractivity contribution in [1.29, 1.82) is 0 Å². The zero-order valence-corrected chi connectivity index (χ0v) is 12.7. The molecule has 1 aliphatic rings. The number of hydrogen-bond donors (Lipinski definition) is 2. The molecule has 3 N–H and O–H groups in total. The summed E-state index contributed by atoms with van der Waals surface area (Å²) in [5.74, 6) is 0.437. The van der Waals surface area contributed by atoms with Crippen molar-refractivity contribution in [1.82, 2.24) is 0 Å². The van der Waals surface area contributed by atoms with E-state index in [2.05, 4.69) is 34.8 Å². The standard InChI is InChI=1S/C14H19IN2O/c1-9-5-6-11(8-12(9)15)17-14(18)7-10-3-2-4-13(10)16/h5-6,8,10,13H,2-4,7,16H2,1H3,(H,17,18)/t10-,13+/m0/s1. The molecule has 0 saturated heterocycles. The first kappa shape index (κ1) is 13.8. The maximum atomic E-state index is 11.9. The zero-order chi connectivity index (χ0) is 13.1. The third-order valence-electron chi connectivity index (χ3n) is 3.62. The van der Waals surface area contributed by atoms with Gasteiger partial charge in [0.15, 0.2) is 0 Å². The van der Waals surface area contributed by atoms with E-state index >= 15 is 0 Å². The molecule has 98 valence electrons. The fraction of sp³-hybridized carbons (Fsp3) is 0.500. The number of carbonyl (C=O) groups is 1. The van der Waals surface area contributed by atoms with Gasteiger partial charge in [-0.1, -0.05) is 12.5 Å². The van der Waals surface area contributed by atoms with Crippen LogP contribution >= 0.6 is 22.6 Å². The molecule has 1 aliphatic carbocycles. The number of anilines is 1. The van der Waals surface area contributed by atoms with E-state index in [9.17, 15) is 4.79 Å². The highest BCUT2D eigenvalue weighted by Gasteiger charge is 2.25. The molecule has 0 heterocycles. The minimum atomic E-state index is 0.0806. The smallest absolute Gasteiger partial charge is 0.224 e. The van der Waals surface area contributed by atoms with Gasteiger partial charge in [0.1, 0.15) is 0 Å². The number of aryl methyl sites for hydroxylation is 1. The van der Waals surface area contributed by atoms with Crippen LogP contribution in [0.25, 0.3) is 0 Å². The Hall–Kier alpha value is -0.620. The fourth-order valence-electron chi connectivity index (χ4n) is 2.44. The average Bonchev–Trinajstić information content (AvgIpc) is 2.70. The molecule has 3 nitrogen and oxygen atoms in total. The Kier molecular flexibility index (Phi) is 4.61. The summed E-state index contributed by atoms with van der Waals surface area (Å²) in [6.07, 6.45) is 3.84. The summed E-state index contributed by atoms with van der Waals surface area (Å²) in [6.45, 7) is 2.06. The van der Waals surface area contributed by atoms with Crippen LogP contribution in [-0.4, -0.2) is 11.9 Å². The largest absolute Gasteiger partial charge is 0.327 e. The Balaban J connectivity index is 1.92. The van der Waals surface area contributed by atoms with Gasteiger partial charge < -0.3 is 11.1 Å². The highest BCUT2D eigenvalue weighted by Crippen LogP contribution is 2.27. The number of amides is 1. The Labute approximate surface area is 122 Å². The molecule has 18 heavy (non-hydrogen) atoms. The quantitative estimate of drug-likeness (QED) is 0.816. The van der Waals surface area contributed by atoms with E-state index in [0.29, 0.717) is 12.3 Å². The molecule has 2 rings (SSSR count). The molecule has 0 radical (unpaired) electrons. The lowest BCUT2D eigenvalue weighted by Gasteiger charge is -2.15. The fourth-order valence-corrected chi connectivity index (χ4v) is 2.96. The zero-order valence-electron chi connectivity index (χ0n) is 10.6. The van der Waals surface area contributed by atoms with Crippen molar-refractivity contribution in [3.63, 3.8) is 0 Å². The average molecular weight is 358 g/mol. The lowest BCUT2D eigenvalue weighted by atomic mass is 10.00. The van der Waals surface area contributed by atoms with Gasteiger partial charge in [0.05, 0.1) is 0 Å². The van der Waals surface area contributed by atoms with Gasteiger partial charge >= 0.3 is 0 Å². The van der Waals surface area contributed by atoms with Crippen molar-refractivity contribution in [3.05, 3.63) is 27.3 Å². The van der Waals surface area contributed by atoms with Gasteiger partial charge in [-0.15, -0.1) is 0 Å². The van der Waals surface area contributed by atoms with Crippen molar-refractivity contribution >= 4 is 34.2 Å². The molecule has 0 spiro atoms. The second-order valence-electron chi connectivity index (χ2n) is 5.07. The van der Waals surface area contributed by atoms with Crippen molar-refractivity contribution in [3.8, 4) is 0 Å².